The maximum atomic E-state index is 13.0. The molecule has 1 aromatic heterocycles. The van der Waals surface area contributed by atoms with Crippen molar-refractivity contribution in [2.45, 2.75) is 39.7 Å². The van der Waals surface area contributed by atoms with Crippen molar-refractivity contribution in [2.24, 2.45) is 0 Å². The molecule has 2 aromatic rings. The number of aromatic amines is 1. The van der Waals surface area contributed by atoms with E-state index in [2.05, 4.69) is 10.3 Å². The molecule has 2 heterocycles. The summed E-state index contributed by atoms with van der Waals surface area (Å²) in [7, 11) is 0. The van der Waals surface area contributed by atoms with Crippen LogP contribution in [0.4, 0.5) is 4.39 Å². The first-order chi connectivity index (χ1) is 14.3. The smallest absolute Gasteiger partial charge is 0.340 e. The molecule has 0 radical (unpaired) electrons. The Hall–Kier alpha value is -3.16. The number of H-pyrrole nitrogens is 1. The standard InChI is InChI=1S/C22H26FN3O4/c1-4-30-22(29)18-13(2)19(24-14(18)3)21(28)26-11-9-17(10-12-26)25-20(27)15-5-7-16(23)8-6-15/h5-8,17,24H,4,9-12H2,1-3H3,(H,25,27). The molecule has 1 aliphatic heterocycles. The van der Waals surface area contributed by atoms with Crippen molar-refractivity contribution < 1.29 is 23.5 Å². The highest BCUT2D eigenvalue weighted by molar-refractivity contribution is 6.00. The Morgan fingerprint density at radius 1 is 1.17 bits per heavy atom. The Morgan fingerprint density at radius 2 is 1.80 bits per heavy atom. The number of carbonyl (C=O) groups excluding carboxylic acids is 3. The fourth-order valence-corrected chi connectivity index (χ4v) is 3.73. The van der Waals surface area contributed by atoms with E-state index in [0.717, 1.165) is 0 Å². The first kappa shape index (κ1) is 21.5. The number of hydrogen-bond donors (Lipinski definition) is 2. The first-order valence-electron chi connectivity index (χ1n) is 10.0. The maximum absolute atomic E-state index is 13.0. The van der Waals surface area contributed by atoms with Gasteiger partial charge in [-0.05, 0) is 63.4 Å². The number of likely N-dealkylation sites (tertiary alicyclic amines) is 1. The van der Waals surface area contributed by atoms with E-state index in [0.29, 0.717) is 54.0 Å². The van der Waals surface area contributed by atoms with Crippen LogP contribution in [-0.4, -0.2) is 53.4 Å². The number of halogens is 1. The van der Waals surface area contributed by atoms with E-state index < -0.39 is 5.97 Å². The van der Waals surface area contributed by atoms with Crippen LogP contribution in [0, 0.1) is 19.7 Å². The molecule has 160 valence electrons. The third-order valence-electron chi connectivity index (χ3n) is 5.35. The van der Waals surface area contributed by atoms with E-state index in [9.17, 15) is 18.8 Å². The molecule has 0 unspecified atom stereocenters. The summed E-state index contributed by atoms with van der Waals surface area (Å²) in [6.07, 6.45) is 1.23. The lowest BCUT2D eigenvalue weighted by molar-refractivity contribution is 0.0524. The predicted molar refractivity (Wildman–Crippen MR) is 109 cm³/mol. The second-order valence-electron chi connectivity index (χ2n) is 7.39. The molecule has 7 nitrogen and oxygen atoms in total. The Labute approximate surface area is 174 Å². The van der Waals surface area contributed by atoms with Gasteiger partial charge in [0.25, 0.3) is 11.8 Å². The Bertz CT molecular complexity index is 944. The second-order valence-corrected chi connectivity index (χ2v) is 7.39. The minimum atomic E-state index is -0.440. The molecular formula is C22H26FN3O4. The number of nitrogens with one attached hydrogen (secondary N) is 2. The number of aromatic nitrogens is 1. The zero-order valence-electron chi connectivity index (χ0n) is 17.4. The molecule has 0 atom stereocenters. The van der Waals surface area contributed by atoms with Crippen LogP contribution in [0.5, 0.6) is 0 Å². The molecule has 1 aliphatic rings. The normalized spacial score (nSPS) is 14.5. The van der Waals surface area contributed by atoms with Gasteiger partial charge in [0.15, 0.2) is 0 Å². The average Bonchev–Trinajstić information content (AvgIpc) is 3.02. The molecule has 2 amide bonds. The predicted octanol–water partition coefficient (Wildman–Crippen LogP) is 2.98. The molecule has 0 spiro atoms. The monoisotopic (exact) mass is 415 g/mol. The van der Waals surface area contributed by atoms with E-state index in [1.807, 2.05) is 0 Å². The topological polar surface area (TPSA) is 91.5 Å². The van der Waals surface area contributed by atoms with Crippen molar-refractivity contribution in [3.63, 3.8) is 0 Å². The van der Waals surface area contributed by atoms with E-state index in [1.54, 1.807) is 25.7 Å². The minimum absolute atomic E-state index is 0.0619. The summed E-state index contributed by atoms with van der Waals surface area (Å²) in [5.74, 6) is -1.26. The lowest BCUT2D eigenvalue weighted by Crippen LogP contribution is -2.46. The minimum Gasteiger partial charge on any atom is -0.462 e. The number of rotatable bonds is 5. The van der Waals surface area contributed by atoms with Gasteiger partial charge in [-0.15, -0.1) is 0 Å². The average molecular weight is 415 g/mol. The van der Waals surface area contributed by atoms with Gasteiger partial charge < -0.3 is 19.9 Å². The van der Waals surface area contributed by atoms with Crippen LogP contribution < -0.4 is 5.32 Å². The number of aryl methyl sites for hydroxylation is 1. The van der Waals surface area contributed by atoms with Crippen molar-refractivity contribution in [3.05, 3.63) is 58.2 Å². The van der Waals surface area contributed by atoms with Gasteiger partial charge in [-0.1, -0.05) is 0 Å². The number of ether oxygens (including phenoxy) is 1. The summed E-state index contributed by atoms with van der Waals surface area (Å²) in [6.45, 7) is 6.45. The van der Waals surface area contributed by atoms with Gasteiger partial charge in [-0.3, -0.25) is 9.59 Å². The first-order valence-corrected chi connectivity index (χ1v) is 10.0. The highest BCUT2D eigenvalue weighted by atomic mass is 19.1. The summed E-state index contributed by atoms with van der Waals surface area (Å²) in [4.78, 5) is 42.2. The molecule has 3 rings (SSSR count). The summed E-state index contributed by atoms with van der Waals surface area (Å²) >= 11 is 0. The number of hydrogen-bond acceptors (Lipinski definition) is 4. The number of benzene rings is 1. The van der Waals surface area contributed by atoms with Gasteiger partial charge >= 0.3 is 5.97 Å². The molecule has 8 heteroatoms. The summed E-state index contributed by atoms with van der Waals surface area (Å²) in [5, 5.41) is 2.94. The number of esters is 1. The number of nitrogens with zero attached hydrogens (tertiary/aromatic N) is 1. The van der Waals surface area contributed by atoms with Gasteiger partial charge in [0.05, 0.1) is 12.2 Å². The Balaban J connectivity index is 1.60. The van der Waals surface area contributed by atoms with Crippen molar-refractivity contribution in [3.8, 4) is 0 Å². The molecular weight excluding hydrogens is 389 g/mol. The van der Waals surface area contributed by atoms with Gasteiger partial charge in [0.1, 0.15) is 11.5 Å². The highest BCUT2D eigenvalue weighted by Crippen LogP contribution is 2.22. The Kier molecular flexibility index (Phi) is 6.54. The third-order valence-corrected chi connectivity index (χ3v) is 5.35. The van der Waals surface area contributed by atoms with Crippen molar-refractivity contribution in [1.29, 1.82) is 0 Å². The lowest BCUT2D eigenvalue weighted by Gasteiger charge is -2.32. The zero-order chi connectivity index (χ0) is 21.8. The third kappa shape index (κ3) is 4.53. The number of amides is 2. The maximum Gasteiger partial charge on any atom is 0.340 e. The Morgan fingerprint density at radius 3 is 2.40 bits per heavy atom. The quantitative estimate of drug-likeness (QED) is 0.735. The molecule has 0 saturated carbocycles. The summed E-state index contributed by atoms with van der Waals surface area (Å²) in [6, 6.07) is 5.33. The fourth-order valence-electron chi connectivity index (χ4n) is 3.73. The van der Waals surface area contributed by atoms with Gasteiger partial charge in [0, 0.05) is 30.4 Å². The molecule has 0 aliphatic carbocycles. The van der Waals surface area contributed by atoms with E-state index in [4.69, 9.17) is 4.74 Å². The van der Waals surface area contributed by atoms with Crippen molar-refractivity contribution in [2.75, 3.05) is 19.7 Å². The SMILES string of the molecule is CCOC(=O)c1c(C)[nH]c(C(=O)N2CCC(NC(=O)c3ccc(F)cc3)CC2)c1C. The van der Waals surface area contributed by atoms with Crippen LogP contribution >= 0.6 is 0 Å². The lowest BCUT2D eigenvalue weighted by atomic mass is 10.0. The summed E-state index contributed by atoms with van der Waals surface area (Å²) in [5.41, 5.74) is 2.39. The molecule has 0 bridgehead atoms. The van der Waals surface area contributed by atoms with Crippen LogP contribution in [0.15, 0.2) is 24.3 Å². The van der Waals surface area contributed by atoms with Gasteiger partial charge in [-0.25, -0.2) is 9.18 Å². The molecule has 30 heavy (non-hydrogen) atoms. The van der Waals surface area contributed by atoms with E-state index in [-0.39, 0.29) is 30.3 Å². The van der Waals surface area contributed by atoms with Gasteiger partial charge in [-0.2, -0.15) is 0 Å². The van der Waals surface area contributed by atoms with E-state index in [1.165, 1.54) is 24.3 Å². The van der Waals surface area contributed by atoms with Crippen LogP contribution in [0.2, 0.25) is 0 Å². The van der Waals surface area contributed by atoms with Crippen LogP contribution in [-0.2, 0) is 4.74 Å². The van der Waals surface area contributed by atoms with Crippen LogP contribution in [0.25, 0.3) is 0 Å². The van der Waals surface area contributed by atoms with Crippen LogP contribution in [0.1, 0.15) is 62.2 Å². The summed E-state index contributed by atoms with van der Waals surface area (Å²) < 4.78 is 18.1. The van der Waals surface area contributed by atoms with Crippen molar-refractivity contribution >= 4 is 17.8 Å². The zero-order valence-corrected chi connectivity index (χ0v) is 17.4. The van der Waals surface area contributed by atoms with Crippen LogP contribution in [0.3, 0.4) is 0 Å². The van der Waals surface area contributed by atoms with E-state index >= 15 is 0 Å². The second kappa shape index (κ2) is 9.11. The highest BCUT2D eigenvalue weighted by Gasteiger charge is 2.29. The van der Waals surface area contributed by atoms with Crippen molar-refractivity contribution in [1.82, 2.24) is 15.2 Å². The fraction of sp³-hybridized carbons (Fsp3) is 0.409. The molecule has 1 saturated heterocycles. The molecule has 1 aromatic carbocycles. The number of piperidine rings is 1. The number of carbonyl (C=O) groups is 3. The molecule has 1 fully saturated rings. The largest absolute Gasteiger partial charge is 0.462 e. The van der Waals surface area contributed by atoms with Gasteiger partial charge in [0.2, 0.25) is 0 Å². The molecule has 2 N–H and O–H groups in total.